The third-order valence-electron chi connectivity index (χ3n) is 6.64. The van der Waals surface area contributed by atoms with Gasteiger partial charge < -0.3 is 14.7 Å². The molecule has 3 aromatic heterocycles. The van der Waals surface area contributed by atoms with Gasteiger partial charge >= 0.3 is 0 Å². The van der Waals surface area contributed by atoms with Crippen LogP contribution < -0.4 is 10.9 Å². The number of nitrogens with zero attached hydrogens (tertiary/aromatic N) is 4. The van der Waals surface area contributed by atoms with Crippen LogP contribution in [0.4, 0.5) is 5.82 Å². The molecule has 0 saturated carbocycles. The van der Waals surface area contributed by atoms with Crippen LogP contribution in [-0.4, -0.2) is 44.5 Å². The van der Waals surface area contributed by atoms with Crippen molar-refractivity contribution in [3.05, 3.63) is 38.4 Å². The summed E-state index contributed by atoms with van der Waals surface area (Å²) in [5, 5.41) is 7.16. The van der Waals surface area contributed by atoms with E-state index in [1.165, 1.54) is 11.3 Å². The van der Waals surface area contributed by atoms with E-state index < -0.39 is 0 Å². The van der Waals surface area contributed by atoms with Crippen LogP contribution in [0.1, 0.15) is 58.9 Å². The second kappa shape index (κ2) is 8.74. The number of likely N-dealkylation sites (tertiary alicyclic amines) is 1. The highest BCUT2D eigenvalue weighted by Gasteiger charge is 2.31. The summed E-state index contributed by atoms with van der Waals surface area (Å²) in [7, 11) is 0. The number of piperidine rings is 1. The van der Waals surface area contributed by atoms with Gasteiger partial charge in [-0.3, -0.25) is 19.0 Å². The van der Waals surface area contributed by atoms with E-state index in [9.17, 15) is 14.4 Å². The quantitative estimate of drug-likeness (QED) is 0.630. The first-order chi connectivity index (χ1) is 15.9. The van der Waals surface area contributed by atoms with Gasteiger partial charge in [0.15, 0.2) is 5.82 Å². The average Bonchev–Trinajstić information content (AvgIpc) is 3.26. The van der Waals surface area contributed by atoms with E-state index in [2.05, 4.69) is 10.5 Å². The van der Waals surface area contributed by atoms with E-state index in [1.54, 1.807) is 22.5 Å². The summed E-state index contributed by atoms with van der Waals surface area (Å²) in [4.78, 5) is 46.8. The molecular weight excluding hydrogens is 442 g/mol. The summed E-state index contributed by atoms with van der Waals surface area (Å²) in [6.45, 7) is 5.29. The molecule has 0 atom stereocenters. The smallest absolute Gasteiger partial charge is 0.264 e. The molecule has 9 nitrogen and oxygen atoms in total. The summed E-state index contributed by atoms with van der Waals surface area (Å²) < 4.78 is 6.78. The molecule has 1 saturated heterocycles. The minimum absolute atomic E-state index is 0.0248. The van der Waals surface area contributed by atoms with E-state index in [1.807, 2.05) is 6.92 Å². The number of carbonyl (C=O) groups excluding carboxylic acids is 2. The standard InChI is InChI=1S/C23H27N5O4S/c1-13-12-16(26-32-13)24-20(29)15-7-10-27(11-8-15)23(31)19-14(2)18-21(33-19)25-17-6-4-3-5-9-28(17)22(18)30/h12,15H,3-11H2,1-2H3,(H,24,26,29). The van der Waals surface area contributed by atoms with Crippen molar-refractivity contribution in [1.82, 2.24) is 19.6 Å². The highest BCUT2D eigenvalue weighted by atomic mass is 32.1. The summed E-state index contributed by atoms with van der Waals surface area (Å²) in [5.74, 6) is 1.51. The Bertz CT molecular complexity index is 1280. The van der Waals surface area contributed by atoms with Crippen molar-refractivity contribution in [2.75, 3.05) is 18.4 Å². The zero-order valence-corrected chi connectivity index (χ0v) is 19.7. The normalized spacial score (nSPS) is 17.1. The predicted octanol–water partition coefficient (Wildman–Crippen LogP) is 3.28. The van der Waals surface area contributed by atoms with Crippen molar-refractivity contribution in [3.8, 4) is 0 Å². The molecular formula is C23H27N5O4S. The number of amides is 2. The lowest BCUT2D eigenvalue weighted by molar-refractivity contribution is -0.121. The van der Waals surface area contributed by atoms with Crippen LogP contribution in [-0.2, 0) is 17.8 Å². The molecule has 2 aliphatic rings. The van der Waals surface area contributed by atoms with Gasteiger partial charge in [-0.15, -0.1) is 11.3 Å². The molecule has 5 heterocycles. The van der Waals surface area contributed by atoms with Crippen LogP contribution in [0.3, 0.4) is 0 Å². The highest BCUT2D eigenvalue weighted by Crippen LogP contribution is 2.31. The molecule has 0 unspecified atom stereocenters. The first kappa shape index (κ1) is 21.8. The molecule has 3 aromatic rings. The first-order valence-corrected chi connectivity index (χ1v) is 12.3. The molecule has 5 rings (SSSR count). The van der Waals surface area contributed by atoms with Gasteiger partial charge in [0.05, 0.1) is 10.3 Å². The number of rotatable bonds is 3. The van der Waals surface area contributed by atoms with Crippen LogP contribution in [0.15, 0.2) is 15.4 Å². The Morgan fingerprint density at radius 1 is 1.15 bits per heavy atom. The molecule has 0 spiro atoms. The zero-order chi connectivity index (χ0) is 23.1. The minimum atomic E-state index is -0.184. The number of hydrogen-bond acceptors (Lipinski definition) is 7. The van der Waals surface area contributed by atoms with Crippen molar-refractivity contribution in [3.63, 3.8) is 0 Å². The second-order valence-corrected chi connectivity index (χ2v) is 9.91. The maximum absolute atomic E-state index is 13.3. The third-order valence-corrected chi connectivity index (χ3v) is 7.81. The molecule has 174 valence electrons. The van der Waals surface area contributed by atoms with Gasteiger partial charge in [-0.2, -0.15) is 0 Å². The fourth-order valence-electron chi connectivity index (χ4n) is 4.76. The number of aromatic nitrogens is 3. The number of hydrogen-bond donors (Lipinski definition) is 1. The molecule has 0 radical (unpaired) electrons. The molecule has 2 aliphatic heterocycles. The zero-order valence-electron chi connectivity index (χ0n) is 18.8. The van der Waals surface area contributed by atoms with Crippen molar-refractivity contribution in [2.45, 2.75) is 58.9 Å². The number of aryl methyl sites for hydroxylation is 3. The van der Waals surface area contributed by atoms with Crippen molar-refractivity contribution < 1.29 is 14.1 Å². The number of thiophene rings is 1. The van der Waals surface area contributed by atoms with E-state index in [4.69, 9.17) is 9.51 Å². The van der Waals surface area contributed by atoms with Crippen molar-refractivity contribution in [1.29, 1.82) is 0 Å². The van der Waals surface area contributed by atoms with Gasteiger partial charge in [0, 0.05) is 38.0 Å². The average molecular weight is 470 g/mol. The lowest BCUT2D eigenvalue weighted by Crippen LogP contribution is -2.41. The number of carbonyl (C=O) groups is 2. The lowest BCUT2D eigenvalue weighted by Gasteiger charge is -2.31. The fraction of sp³-hybridized carbons (Fsp3) is 0.522. The van der Waals surface area contributed by atoms with E-state index >= 15 is 0 Å². The van der Waals surface area contributed by atoms with Gasteiger partial charge in [0.1, 0.15) is 16.4 Å². The summed E-state index contributed by atoms with van der Waals surface area (Å²) in [6.07, 6.45) is 5.07. The SMILES string of the molecule is Cc1cc(NC(=O)C2CCN(C(=O)c3sc4nc5n(c(=O)c4c3C)CCCCC5)CC2)no1. The van der Waals surface area contributed by atoms with Crippen LogP contribution in [0.5, 0.6) is 0 Å². The van der Waals surface area contributed by atoms with Gasteiger partial charge in [0.2, 0.25) is 5.91 Å². The number of anilines is 1. The molecule has 10 heteroatoms. The first-order valence-electron chi connectivity index (χ1n) is 11.5. The summed E-state index contributed by atoms with van der Waals surface area (Å²) >= 11 is 1.32. The minimum Gasteiger partial charge on any atom is -0.360 e. The Morgan fingerprint density at radius 2 is 1.94 bits per heavy atom. The van der Waals surface area contributed by atoms with Gasteiger partial charge in [-0.1, -0.05) is 11.6 Å². The van der Waals surface area contributed by atoms with Crippen LogP contribution in [0.25, 0.3) is 10.2 Å². The molecule has 1 fully saturated rings. The Hall–Kier alpha value is -3.01. The largest absolute Gasteiger partial charge is 0.360 e. The summed E-state index contributed by atoms with van der Waals surface area (Å²) in [6, 6.07) is 1.68. The fourth-order valence-corrected chi connectivity index (χ4v) is 5.91. The van der Waals surface area contributed by atoms with Crippen LogP contribution in [0, 0.1) is 19.8 Å². The molecule has 0 aromatic carbocycles. The van der Waals surface area contributed by atoms with Gasteiger partial charge in [-0.25, -0.2) is 4.98 Å². The van der Waals surface area contributed by atoms with E-state index in [0.717, 1.165) is 37.1 Å². The van der Waals surface area contributed by atoms with E-state index in [0.29, 0.717) is 59.1 Å². The Morgan fingerprint density at radius 3 is 2.67 bits per heavy atom. The highest BCUT2D eigenvalue weighted by molar-refractivity contribution is 7.20. The molecule has 2 amide bonds. The van der Waals surface area contributed by atoms with Crippen molar-refractivity contribution >= 4 is 39.2 Å². The predicted molar refractivity (Wildman–Crippen MR) is 125 cm³/mol. The topological polar surface area (TPSA) is 110 Å². The molecule has 0 aliphatic carbocycles. The molecule has 1 N–H and O–H groups in total. The van der Waals surface area contributed by atoms with Crippen LogP contribution in [0.2, 0.25) is 0 Å². The second-order valence-electron chi connectivity index (χ2n) is 8.91. The van der Waals surface area contributed by atoms with E-state index in [-0.39, 0.29) is 23.3 Å². The lowest BCUT2D eigenvalue weighted by atomic mass is 9.95. The van der Waals surface area contributed by atoms with Gasteiger partial charge in [0.25, 0.3) is 11.5 Å². The summed E-state index contributed by atoms with van der Waals surface area (Å²) in [5.41, 5.74) is 0.696. The number of fused-ring (bicyclic) bond motifs is 2. The Balaban J connectivity index is 1.31. The third kappa shape index (κ3) is 4.07. The Labute approximate surface area is 194 Å². The molecule has 33 heavy (non-hydrogen) atoms. The van der Waals surface area contributed by atoms with Gasteiger partial charge in [-0.05, 0) is 45.1 Å². The maximum atomic E-state index is 13.3. The molecule has 0 bridgehead atoms. The monoisotopic (exact) mass is 469 g/mol. The van der Waals surface area contributed by atoms with Crippen LogP contribution >= 0.6 is 11.3 Å². The number of nitrogens with one attached hydrogen (secondary N) is 1. The maximum Gasteiger partial charge on any atom is 0.264 e. The van der Waals surface area contributed by atoms with Crippen molar-refractivity contribution in [2.24, 2.45) is 5.92 Å². The Kier molecular flexibility index (Phi) is 5.77.